The average molecular weight is 309 g/mol. The van der Waals surface area contributed by atoms with E-state index in [4.69, 9.17) is 17.0 Å². The maximum absolute atomic E-state index is 5.51. The lowest BCUT2D eigenvalue weighted by Gasteiger charge is -2.35. The van der Waals surface area contributed by atoms with E-state index in [0.717, 1.165) is 37.4 Å². The molecule has 2 aromatic rings. The highest BCUT2D eigenvalue weighted by Gasteiger charge is 2.26. The number of benzene rings is 2. The Labute approximate surface area is 137 Å². The van der Waals surface area contributed by atoms with Crippen molar-refractivity contribution in [3.8, 4) is 0 Å². The van der Waals surface area contributed by atoms with E-state index in [0.29, 0.717) is 0 Å². The summed E-state index contributed by atoms with van der Waals surface area (Å²) in [6.45, 7) is 3.35. The summed E-state index contributed by atoms with van der Waals surface area (Å²) in [4.78, 5) is 2.43. The van der Waals surface area contributed by atoms with Gasteiger partial charge in [0.15, 0.2) is 0 Å². The Morgan fingerprint density at radius 2 is 1.55 bits per heavy atom. The van der Waals surface area contributed by atoms with Crippen molar-refractivity contribution in [3.05, 3.63) is 71.8 Å². The lowest BCUT2D eigenvalue weighted by molar-refractivity contribution is 0.0272. The van der Waals surface area contributed by atoms with Gasteiger partial charge in [0.1, 0.15) is 0 Å². The quantitative estimate of drug-likeness (QED) is 0.798. The van der Waals surface area contributed by atoms with Crippen molar-refractivity contribution in [1.82, 2.24) is 4.90 Å². The van der Waals surface area contributed by atoms with Crippen molar-refractivity contribution in [1.29, 1.82) is 0 Å². The molecule has 0 bridgehead atoms. The molecule has 22 heavy (non-hydrogen) atoms. The summed E-state index contributed by atoms with van der Waals surface area (Å²) in [5, 5.41) is 3.03. The van der Waals surface area contributed by atoms with E-state index in [9.17, 15) is 0 Å². The second kappa shape index (κ2) is 7.48. The van der Waals surface area contributed by atoms with Crippen LogP contribution in [0, 0.1) is 0 Å². The predicted octanol–water partition coefficient (Wildman–Crippen LogP) is 3.74. The van der Waals surface area contributed by atoms with Crippen LogP contribution < -0.4 is 0 Å². The van der Waals surface area contributed by atoms with Crippen molar-refractivity contribution >= 4 is 22.8 Å². The molecule has 3 rings (SSSR count). The Kier molecular flexibility index (Phi) is 5.15. The monoisotopic (exact) mass is 309 g/mol. The molecule has 1 aliphatic heterocycles. The molecular weight excluding hydrogens is 290 g/mol. The summed E-state index contributed by atoms with van der Waals surface area (Å²) >= 11 is 5.26. The topological polar surface area (TPSA) is 12.5 Å². The molecule has 0 amide bonds. The Morgan fingerprint density at radius 3 is 2.14 bits per heavy atom. The zero-order chi connectivity index (χ0) is 15.2. The molecule has 2 aromatic carbocycles. The number of hydrogen-bond acceptors (Lipinski definition) is 3. The van der Waals surface area contributed by atoms with E-state index in [-0.39, 0.29) is 6.04 Å². The first kappa shape index (κ1) is 15.1. The smallest absolute Gasteiger partial charge is 0.0691 e. The molecule has 112 valence electrons. The van der Waals surface area contributed by atoms with Gasteiger partial charge in [0, 0.05) is 18.7 Å². The predicted molar refractivity (Wildman–Crippen MR) is 94.0 cm³/mol. The molecule has 0 spiro atoms. The first-order valence-corrected chi connectivity index (χ1v) is 7.98. The van der Waals surface area contributed by atoms with Crippen LogP contribution in [-0.4, -0.2) is 36.2 Å². The third-order valence-corrected chi connectivity index (χ3v) is 4.21. The Bertz CT molecular complexity index is 644. The molecule has 1 heterocycles. The van der Waals surface area contributed by atoms with Gasteiger partial charge < -0.3 is 4.74 Å². The van der Waals surface area contributed by atoms with Crippen LogP contribution in [0.4, 0.5) is 0 Å². The van der Waals surface area contributed by atoms with Crippen molar-refractivity contribution in [3.63, 3.8) is 0 Å². The molecular formula is C19H19NOS. The lowest BCUT2D eigenvalue weighted by atomic mass is 9.92. The highest BCUT2D eigenvalue weighted by Crippen LogP contribution is 2.33. The van der Waals surface area contributed by atoms with Gasteiger partial charge in [-0.3, -0.25) is 4.90 Å². The molecule has 1 unspecified atom stereocenters. The minimum Gasteiger partial charge on any atom is -0.379 e. The molecule has 0 aliphatic carbocycles. The van der Waals surface area contributed by atoms with Crippen molar-refractivity contribution in [2.24, 2.45) is 0 Å². The molecule has 1 saturated heterocycles. The molecule has 1 atom stereocenters. The second-order valence-corrected chi connectivity index (χ2v) is 5.55. The number of nitrogens with zero attached hydrogens (tertiary/aromatic N) is 1. The van der Waals surface area contributed by atoms with Gasteiger partial charge in [-0.05, 0) is 28.4 Å². The highest BCUT2D eigenvalue weighted by molar-refractivity contribution is 7.78. The minimum atomic E-state index is 0.130. The highest BCUT2D eigenvalue weighted by atomic mass is 32.1. The van der Waals surface area contributed by atoms with Gasteiger partial charge in [0.25, 0.3) is 0 Å². The number of hydrogen-bond donors (Lipinski definition) is 0. The first-order valence-electron chi connectivity index (χ1n) is 7.57. The normalized spacial score (nSPS) is 16.7. The molecule has 0 radical (unpaired) electrons. The van der Waals surface area contributed by atoms with Crippen molar-refractivity contribution in [2.45, 2.75) is 6.04 Å². The standard InChI is InChI=1S/C19H19NOS/c22-15-18(16-7-3-1-4-8-16)19(17-9-5-2-6-10-17)20-11-13-21-14-12-20/h1-10,19H,11-14H2. The van der Waals surface area contributed by atoms with Gasteiger partial charge in [-0.15, -0.1) is 0 Å². The minimum absolute atomic E-state index is 0.130. The molecule has 0 N–H and O–H groups in total. The molecule has 1 fully saturated rings. The van der Waals surface area contributed by atoms with Gasteiger partial charge in [-0.25, -0.2) is 0 Å². The number of ether oxygens (including phenoxy) is 1. The van der Waals surface area contributed by atoms with Crippen LogP contribution in [0.1, 0.15) is 17.2 Å². The summed E-state index contributed by atoms with van der Waals surface area (Å²) in [5.41, 5.74) is 3.45. The number of thiocarbonyl (C=S) groups is 1. The van der Waals surface area contributed by atoms with Crippen LogP contribution in [0.15, 0.2) is 60.7 Å². The number of morpholine rings is 1. The van der Waals surface area contributed by atoms with Crippen molar-refractivity contribution < 1.29 is 4.74 Å². The van der Waals surface area contributed by atoms with Gasteiger partial charge in [0.2, 0.25) is 0 Å². The second-order valence-electron chi connectivity index (χ2n) is 5.34. The van der Waals surface area contributed by atoms with E-state index in [1.807, 2.05) is 24.3 Å². The Morgan fingerprint density at radius 1 is 0.955 bits per heavy atom. The molecule has 0 aromatic heterocycles. The first-order chi connectivity index (χ1) is 10.9. The Balaban J connectivity index is 2.02. The van der Waals surface area contributed by atoms with Gasteiger partial charge in [-0.2, -0.15) is 0 Å². The summed E-state index contributed by atoms with van der Waals surface area (Å²) in [6.07, 6.45) is 0. The lowest BCUT2D eigenvalue weighted by Crippen LogP contribution is -2.39. The average Bonchev–Trinajstić information content (AvgIpc) is 2.62. The zero-order valence-corrected chi connectivity index (χ0v) is 13.3. The summed E-state index contributed by atoms with van der Waals surface area (Å²) in [5.74, 6) is 0. The van der Waals surface area contributed by atoms with Crippen LogP contribution in [0.3, 0.4) is 0 Å². The third-order valence-electron chi connectivity index (χ3n) is 3.99. The maximum Gasteiger partial charge on any atom is 0.0691 e. The maximum atomic E-state index is 5.51. The molecule has 3 heteroatoms. The fraction of sp³-hybridized carbons (Fsp3) is 0.263. The third kappa shape index (κ3) is 3.34. The summed E-state index contributed by atoms with van der Waals surface area (Å²) in [6, 6.07) is 21.0. The van der Waals surface area contributed by atoms with E-state index in [2.05, 4.69) is 46.3 Å². The van der Waals surface area contributed by atoms with Crippen LogP contribution in [-0.2, 0) is 4.74 Å². The largest absolute Gasteiger partial charge is 0.379 e. The van der Waals surface area contributed by atoms with E-state index < -0.39 is 0 Å². The van der Waals surface area contributed by atoms with Crippen molar-refractivity contribution in [2.75, 3.05) is 26.3 Å². The summed E-state index contributed by atoms with van der Waals surface area (Å²) < 4.78 is 5.51. The molecule has 1 aliphatic rings. The van der Waals surface area contributed by atoms with Crippen LogP contribution in [0.5, 0.6) is 0 Å². The van der Waals surface area contributed by atoms with Crippen LogP contribution in [0.2, 0.25) is 0 Å². The van der Waals surface area contributed by atoms with E-state index >= 15 is 0 Å². The fourth-order valence-electron chi connectivity index (χ4n) is 2.92. The molecule has 0 saturated carbocycles. The van der Waals surface area contributed by atoms with Crippen LogP contribution >= 0.6 is 12.2 Å². The van der Waals surface area contributed by atoms with E-state index in [1.54, 1.807) is 0 Å². The van der Waals surface area contributed by atoms with Gasteiger partial charge >= 0.3 is 0 Å². The Hall–Kier alpha value is -1.77. The zero-order valence-electron chi connectivity index (χ0n) is 12.4. The van der Waals surface area contributed by atoms with E-state index in [1.165, 1.54) is 5.56 Å². The molecule has 2 nitrogen and oxygen atoms in total. The van der Waals surface area contributed by atoms with Crippen LogP contribution in [0.25, 0.3) is 5.57 Å². The van der Waals surface area contributed by atoms with Gasteiger partial charge in [0.05, 0.1) is 19.3 Å². The fourth-order valence-corrected chi connectivity index (χ4v) is 3.15. The summed E-state index contributed by atoms with van der Waals surface area (Å²) in [7, 11) is 0. The SMILES string of the molecule is S=C=C(c1ccccc1)C(c1ccccc1)N1CCOCC1. The number of rotatable bonds is 4. The van der Waals surface area contributed by atoms with Gasteiger partial charge in [-0.1, -0.05) is 60.7 Å².